The van der Waals surface area contributed by atoms with Crippen molar-refractivity contribution >= 4 is 21.6 Å². The maximum Gasteiger partial charge on any atom is 0.274 e. The summed E-state index contributed by atoms with van der Waals surface area (Å²) >= 11 is 3.28. The Labute approximate surface area is 116 Å². The van der Waals surface area contributed by atoms with E-state index >= 15 is 0 Å². The molecular formula is C13H19BrN2O2. The molecule has 0 amide bonds. The molecule has 1 aromatic rings. The molecule has 0 aliphatic heterocycles. The maximum absolute atomic E-state index is 11.1. The summed E-state index contributed by atoms with van der Waals surface area (Å²) in [6.45, 7) is 7.04. The van der Waals surface area contributed by atoms with Crippen molar-refractivity contribution in [3.63, 3.8) is 0 Å². The van der Waals surface area contributed by atoms with Crippen molar-refractivity contribution in [3.8, 4) is 0 Å². The Kier molecular flexibility index (Phi) is 5.75. The van der Waals surface area contributed by atoms with E-state index in [1.807, 2.05) is 19.1 Å². The number of nitrogens with zero attached hydrogens (tertiary/aromatic N) is 1. The quantitative estimate of drug-likeness (QED) is 0.641. The first-order chi connectivity index (χ1) is 8.51. The molecule has 0 aliphatic carbocycles. The summed E-state index contributed by atoms with van der Waals surface area (Å²) in [5, 5.41) is 14.5. The molecule has 0 radical (unpaired) electrons. The second kappa shape index (κ2) is 6.85. The van der Waals surface area contributed by atoms with E-state index in [4.69, 9.17) is 0 Å². The maximum atomic E-state index is 11.1. The molecule has 5 heteroatoms. The van der Waals surface area contributed by atoms with Crippen molar-refractivity contribution in [2.24, 2.45) is 0 Å². The molecule has 0 heterocycles. The van der Waals surface area contributed by atoms with Crippen LogP contribution < -0.4 is 5.32 Å². The fourth-order valence-electron chi connectivity index (χ4n) is 2.30. The number of hydrogen-bond acceptors (Lipinski definition) is 3. The highest BCUT2D eigenvalue weighted by atomic mass is 79.9. The second-order valence-corrected chi connectivity index (χ2v) is 5.24. The Morgan fingerprint density at radius 3 is 2.61 bits per heavy atom. The van der Waals surface area contributed by atoms with E-state index < -0.39 is 0 Å². The van der Waals surface area contributed by atoms with Crippen LogP contribution >= 0.6 is 15.9 Å². The van der Waals surface area contributed by atoms with E-state index in [9.17, 15) is 10.1 Å². The fourth-order valence-corrected chi connectivity index (χ4v) is 2.64. The molecule has 4 nitrogen and oxygen atoms in total. The van der Waals surface area contributed by atoms with Gasteiger partial charge in [0.1, 0.15) is 0 Å². The molecular weight excluding hydrogens is 296 g/mol. The number of nitro benzene ring substituents is 1. The van der Waals surface area contributed by atoms with E-state index in [-0.39, 0.29) is 22.6 Å². The zero-order valence-electron chi connectivity index (χ0n) is 10.9. The summed E-state index contributed by atoms with van der Waals surface area (Å²) in [6, 6.07) is 5.52. The van der Waals surface area contributed by atoms with Gasteiger partial charge in [-0.1, -0.05) is 35.8 Å². The van der Waals surface area contributed by atoms with Crippen LogP contribution in [0.3, 0.4) is 0 Å². The molecule has 0 fully saturated rings. The van der Waals surface area contributed by atoms with Gasteiger partial charge >= 0.3 is 0 Å². The van der Waals surface area contributed by atoms with Crippen LogP contribution in [-0.2, 0) is 0 Å². The molecule has 2 unspecified atom stereocenters. The standard InChI is InChI=1S/C13H19BrN2O2/c1-4-11(9(3)15-5-2)12-7-6-10(14)8-13(12)16(17)18/h6-9,11,15H,4-5H2,1-3H3. The predicted octanol–water partition coefficient (Wildman–Crippen LogP) is 3.85. The molecule has 0 bridgehead atoms. The minimum absolute atomic E-state index is 0.151. The Morgan fingerprint density at radius 2 is 2.11 bits per heavy atom. The van der Waals surface area contributed by atoms with Gasteiger partial charge in [0.2, 0.25) is 0 Å². The summed E-state index contributed by atoms with van der Waals surface area (Å²) < 4.78 is 0.740. The molecule has 0 spiro atoms. The van der Waals surface area contributed by atoms with Gasteiger partial charge in [0.25, 0.3) is 5.69 Å². The number of rotatable bonds is 6. The van der Waals surface area contributed by atoms with Gasteiger partial charge in [-0.25, -0.2) is 0 Å². The van der Waals surface area contributed by atoms with Crippen molar-refractivity contribution < 1.29 is 4.92 Å². The molecule has 1 N–H and O–H groups in total. The first kappa shape index (κ1) is 15.1. The molecule has 0 saturated heterocycles. The summed E-state index contributed by atoms with van der Waals surface area (Å²) in [6.07, 6.45) is 0.872. The van der Waals surface area contributed by atoms with Gasteiger partial charge < -0.3 is 5.32 Å². The third-order valence-electron chi connectivity index (χ3n) is 3.16. The van der Waals surface area contributed by atoms with Crippen LogP contribution in [0.2, 0.25) is 0 Å². The highest BCUT2D eigenvalue weighted by Crippen LogP contribution is 2.33. The van der Waals surface area contributed by atoms with Gasteiger partial charge in [-0.15, -0.1) is 0 Å². The third-order valence-corrected chi connectivity index (χ3v) is 3.65. The van der Waals surface area contributed by atoms with Crippen molar-refractivity contribution in [3.05, 3.63) is 38.3 Å². The molecule has 1 aromatic carbocycles. The summed E-state index contributed by atoms with van der Waals surface area (Å²) in [7, 11) is 0. The minimum Gasteiger partial charge on any atom is -0.314 e. The zero-order chi connectivity index (χ0) is 13.7. The molecule has 0 aliphatic rings. The summed E-state index contributed by atoms with van der Waals surface area (Å²) in [5.74, 6) is 0.151. The molecule has 18 heavy (non-hydrogen) atoms. The van der Waals surface area contributed by atoms with Crippen LogP contribution in [-0.4, -0.2) is 17.5 Å². The highest BCUT2D eigenvalue weighted by Gasteiger charge is 2.25. The number of hydrogen-bond donors (Lipinski definition) is 1. The largest absolute Gasteiger partial charge is 0.314 e. The average molecular weight is 315 g/mol. The normalized spacial score (nSPS) is 14.2. The van der Waals surface area contributed by atoms with Gasteiger partial charge in [-0.3, -0.25) is 10.1 Å². The van der Waals surface area contributed by atoms with Gasteiger partial charge in [0.15, 0.2) is 0 Å². The Hall–Kier alpha value is -0.940. The number of benzene rings is 1. The highest BCUT2D eigenvalue weighted by molar-refractivity contribution is 9.10. The van der Waals surface area contributed by atoms with Crippen LogP contribution in [0.1, 0.15) is 38.7 Å². The number of nitrogens with one attached hydrogen (secondary N) is 1. The van der Waals surface area contributed by atoms with Crippen molar-refractivity contribution in [2.75, 3.05) is 6.54 Å². The van der Waals surface area contributed by atoms with Crippen LogP contribution in [0.4, 0.5) is 5.69 Å². The predicted molar refractivity (Wildman–Crippen MR) is 77.0 cm³/mol. The Morgan fingerprint density at radius 1 is 1.44 bits per heavy atom. The monoisotopic (exact) mass is 314 g/mol. The van der Waals surface area contributed by atoms with Crippen molar-refractivity contribution in [2.45, 2.75) is 39.2 Å². The Balaban J connectivity index is 3.16. The van der Waals surface area contributed by atoms with Gasteiger partial charge in [-0.2, -0.15) is 0 Å². The SMILES string of the molecule is CCNC(C)C(CC)c1ccc(Br)cc1[N+](=O)[O-]. The lowest BCUT2D eigenvalue weighted by Gasteiger charge is -2.23. The summed E-state index contributed by atoms with van der Waals surface area (Å²) in [5.41, 5.74) is 1.00. The lowest BCUT2D eigenvalue weighted by molar-refractivity contribution is -0.385. The number of halogens is 1. The molecule has 1 rings (SSSR count). The van der Waals surface area contributed by atoms with Crippen LogP contribution in [0.15, 0.2) is 22.7 Å². The van der Waals surface area contributed by atoms with Crippen LogP contribution in [0, 0.1) is 10.1 Å². The third kappa shape index (κ3) is 3.53. The first-order valence-corrected chi connectivity index (χ1v) is 6.97. The number of likely N-dealkylation sites (N-methyl/N-ethyl adjacent to an activating group) is 1. The molecule has 2 atom stereocenters. The van der Waals surface area contributed by atoms with Crippen molar-refractivity contribution in [1.82, 2.24) is 5.32 Å². The lowest BCUT2D eigenvalue weighted by Crippen LogP contribution is -2.32. The van der Waals surface area contributed by atoms with E-state index in [0.717, 1.165) is 23.0 Å². The minimum atomic E-state index is -0.304. The Bertz CT molecular complexity index is 423. The molecule has 0 saturated carbocycles. The van der Waals surface area contributed by atoms with Crippen LogP contribution in [0.5, 0.6) is 0 Å². The molecule has 100 valence electrons. The topological polar surface area (TPSA) is 55.2 Å². The zero-order valence-corrected chi connectivity index (χ0v) is 12.5. The summed E-state index contributed by atoms with van der Waals surface area (Å²) in [4.78, 5) is 10.8. The van der Waals surface area contributed by atoms with E-state index in [1.54, 1.807) is 6.07 Å². The first-order valence-electron chi connectivity index (χ1n) is 6.18. The second-order valence-electron chi connectivity index (χ2n) is 4.32. The molecule has 0 aromatic heterocycles. The van der Waals surface area contributed by atoms with Gasteiger partial charge in [0, 0.05) is 28.1 Å². The fraction of sp³-hybridized carbons (Fsp3) is 0.538. The van der Waals surface area contributed by atoms with E-state index in [2.05, 4.69) is 35.1 Å². The van der Waals surface area contributed by atoms with Crippen LogP contribution in [0.25, 0.3) is 0 Å². The van der Waals surface area contributed by atoms with Crippen molar-refractivity contribution in [1.29, 1.82) is 0 Å². The van der Waals surface area contributed by atoms with E-state index in [0.29, 0.717) is 0 Å². The van der Waals surface area contributed by atoms with Gasteiger partial charge in [-0.05, 0) is 26.0 Å². The van der Waals surface area contributed by atoms with E-state index in [1.165, 1.54) is 0 Å². The average Bonchev–Trinajstić information content (AvgIpc) is 2.32. The van der Waals surface area contributed by atoms with Gasteiger partial charge in [0.05, 0.1) is 4.92 Å². The number of nitro groups is 1. The lowest BCUT2D eigenvalue weighted by atomic mass is 9.89. The smallest absolute Gasteiger partial charge is 0.274 e.